The van der Waals surface area contributed by atoms with E-state index in [1.165, 1.54) is 0 Å². The summed E-state index contributed by atoms with van der Waals surface area (Å²) in [5, 5.41) is 12.7. The summed E-state index contributed by atoms with van der Waals surface area (Å²) >= 11 is 0. The molecule has 2 aliphatic rings. The van der Waals surface area contributed by atoms with Gasteiger partial charge in [-0.25, -0.2) is 4.79 Å². The van der Waals surface area contributed by atoms with Crippen molar-refractivity contribution in [2.45, 2.75) is 83.0 Å². The van der Waals surface area contributed by atoms with Crippen LogP contribution in [0.5, 0.6) is 0 Å². The Bertz CT molecular complexity index is 768. The van der Waals surface area contributed by atoms with Gasteiger partial charge >= 0.3 is 11.9 Å². The molecule has 1 saturated heterocycles. The summed E-state index contributed by atoms with van der Waals surface area (Å²) in [5.74, 6) is -1.23. The number of likely N-dealkylation sites (tertiary alicyclic amines) is 1. The molecule has 0 bridgehead atoms. The van der Waals surface area contributed by atoms with Crippen molar-refractivity contribution in [2.24, 2.45) is 5.92 Å². The number of aliphatic carboxylic acids is 1. The van der Waals surface area contributed by atoms with Crippen LogP contribution in [0, 0.1) is 5.92 Å². The minimum Gasteiger partial charge on any atom is -0.480 e. The lowest BCUT2D eigenvalue weighted by Gasteiger charge is -2.35. The van der Waals surface area contributed by atoms with E-state index in [1.54, 1.807) is 18.7 Å². The van der Waals surface area contributed by atoms with Gasteiger partial charge in [0.15, 0.2) is 0 Å². The van der Waals surface area contributed by atoms with Gasteiger partial charge < -0.3 is 14.7 Å². The average Bonchev–Trinajstić information content (AvgIpc) is 3.16. The third-order valence-electron chi connectivity index (χ3n) is 6.59. The Morgan fingerprint density at radius 2 is 1.90 bits per heavy atom. The molecule has 170 valence electrons. The fourth-order valence-corrected chi connectivity index (χ4v) is 5.06. The maximum atomic E-state index is 13.4. The molecule has 0 unspecified atom stereocenters. The first-order chi connectivity index (χ1) is 14.9. The van der Waals surface area contributed by atoms with Crippen LogP contribution in [0.2, 0.25) is 0 Å². The van der Waals surface area contributed by atoms with Crippen LogP contribution in [0.25, 0.3) is 0 Å². The SMILES string of the molecule is CCOC(=O)[C@@H]1C[C@H]2CCCC[C@@H]2N1C(=O)[C@H](C)N[C@@H](CCc1ccccc1)C(=O)O. The predicted molar refractivity (Wildman–Crippen MR) is 116 cm³/mol. The number of ether oxygens (including phenoxy) is 1. The number of carbonyl (C=O) groups is 3. The minimum absolute atomic E-state index is 0.0347. The molecule has 1 aliphatic carbocycles. The molecule has 1 aromatic carbocycles. The van der Waals surface area contributed by atoms with Gasteiger partial charge in [-0.2, -0.15) is 0 Å². The molecule has 1 saturated carbocycles. The van der Waals surface area contributed by atoms with Gasteiger partial charge in [-0.3, -0.25) is 14.9 Å². The highest BCUT2D eigenvalue weighted by atomic mass is 16.5. The number of nitrogens with zero attached hydrogens (tertiary/aromatic N) is 1. The lowest BCUT2D eigenvalue weighted by Crippen LogP contribution is -2.55. The van der Waals surface area contributed by atoms with E-state index in [0.29, 0.717) is 25.2 Å². The summed E-state index contributed by atoms with van der Waals surface area (Å²) in [6.07, 6.45) is 5.68. The topological polar surface area (TPSA) is 95.9 Å². The summed E-state index contributed by atoms with van der Waals surface area (Å²) < 4.78 is 5.25. The zero-order valence-electron chi connectivity index (χ0n) is 18.5. The number of hydrogen-bond donors (Lipinski definition) is 2. The largest absolute Gasteiger partial charge is 0.480 e. The fourth-order valence-electron chi connectivity index (χ4n) is 5.06. The second-order valence-corrected chi connectivity index (χ2v) is 8.66. The highest BCUT2D eigenvalue weighted by Crippen LogP contribution is 2.40. The van der Waals surface area contributed by atoms with Gasteiger partial charge in [-0.15, -0.1) is 0 Å². The highest BCUT2D eigenvalue weighted by molar-refractivity contribution is 5.89. The second-order valence-electron chi connectivity index (χ2n) is 8.66. The minimum atomic E-state index is -0.977. The van der Waals surface area contributed by atoms with Crippen molar-refractivity contribution in [2.75, 3.05) is 6.61 Å². The molecule has 5 atom stereocenters. The van der Waals surface area contributed by atoms with Crippen molar-refractivity contribution in [3.63, 3.8) is 0 Å². The molecular formula is C24H34N2O5. The van der Waals surface area contributed by atoms with Crippen molar-refractivity contribution < 1.29 is 24.2 Å². The normalized spacial score (nSPS) is 24.8. The Labute approximate surface area is 184 Å². The number of esters is 1. The molecule has 7 heteroatoms. The third-order valence-corrected chi connectivity index (χ3v) is 6.59. The van der Waals surface area contributed by atoms with Crippen LogP contribution in [0.3, 0.4) is 0 Å². The molecule has 1 aliphatic heterocycles. The Kier molecular flexibility index (Phi) is 8.07. The van der Waals surface area contributed by atoms with Crippen molar-refractivity contribution in [1.29, 1.82) is 0 Å². The van der Waals surface area contributed by atoms with Gasteiger partial charge in [0, 0.05) is 6.04 Å². The maximum absolute atomic E-state index is 13.4. The van der Waals surface area contributed by atoms with Crippen LogP contribution in [0.15, 0.2) is 30.3 Å². The molecular weight excluding hydrogens is 396 g/mol. The highest BCUT2D eigenvalue weighted by Gasteiger charge is 2.49. The second kappa shape index (κ2) is 10.8. The monoisotopic (exact) mass is 430 g/mol. The van der Waals surface area contributed by atoms with Gasteiger partial charge in [0.05, 0.1) is 12.6 Å². The van der Waals surface area contributed by atoms with Gasteiger partial charge in [0.25, 0.3) is 0 Å². The number of nitrogens with one attached hydrogen (secondary N) is 1. The molecule has 1 heterocycles. The third kappa shape index (κ3) is 5.64. The molecule has 3 rings (SSSR count). The van der Waals surface area contributed by atoms with Gasteiger partial charge in [0.1, 0.15) is 12.1 Å². The number of carboxylic acids is 1. The van der Waals surface area contributed by atoms with E-state index in [0.717, 1.165) is 31.2 Å². The standard InChI is InChI=1S/C24H34N2O5/c1-3-31-24(30)21-15-18-11-7-8-12-20(18)26(21)22(27)16(2)25-19(23(28)29)14-13-17-9-5-4-6-10-17/h4-6,9-10,16,18-21,25H,3,7-8,11-15H2,1-2H3,(H,28,29)/t16-,18+,19-,20-,21-/m0/s1. The molecule has 0 aromatic heterocycles. The van der Waals surface area contributed by atoms with E-state index in [1.807, 2.05) is 30.3 Å². The lowest BCUT2D eigenvalue weighted by atomic mass is 9.84. The number of fused-ring (bicyclic) bond motifs is 1. The van der Waals surface area contributed by atoms with E-state index in [9.17, 15) is 19.5 Å². The molecule has 0 radical (unpaired) electrons. The summed E-state index contributed by atoms with van der Waals surface area (Å²) in [7, 11) is 0. The van der Waals surface area contributed by atoms with Crippen molar-refractivity contribution in [1.82, 2.24) is 10.2 Å². The number of aryl methyl sites for hydroxylation is 1. The number of benzene rings is 1. The van der Waals surface area contributed by atoms with E-state index in [-0.39, 0.29) is 24.5 Å². The van der Waals surface area contributed by atoms with E-state index < -0.39 is 24.1 Å². The van der Waals surface area contributed by atoms with Crippen LogP contribution in [-0.4, -0.2) is 58.6 Å². The predicted octanol–water partition coefficient (Wildman–Crippen LogP) is 2.77. The van der Waals surface area contributed by atoms with Gasteiger partial charge in [-0.05, 0) is 57.4 Å². The van der Waals surface area contributed by atoms with Crippen LogP contribution < -0.4 is 5.32 Å². The Morgan fingerprint density at radius 3 is 2.58 bits per heavy atom. The zero-order valence-corrected chi connectivity index (χ0v) is 18.5. The average molecular weight is 431 g/mol. The van der Waals surface area contributed by atoms with Crippen LogP contribution in [0.1, 0.15) is 57.9 Å². The quantitative estimate of drug-likeness (QED) is 0.585. The Balaban J connectivity index is 1.68. The lowest BCUT2D eigenvalue weighted by molar-refractivity contribution is -0.155. The van der Waals surface area contributed by atoms with Crippen molar-refractivity contribution in [3.05, 3.63) is 35.9 Å². The van der Waals surface area contributed by atoms with Gasteiger partial charge in [-0.1, -0.05) is 43.2 Å². The summed E-state index contributed by atoms with van der Waals surface area (Å²) in [4.78, 5) is 39.5. The number of carbonyl (C=O) groups excluding carboxylic acids is 2. The van der Waals surface area contributed by atoms with E-state index in [4.69, 9.17) is 4.74 Å². The first-order valence-corrected chi connectivity index (χ1v) is 11.4. The molecule has 2 N–H and O–H groups in total. The molecule has 2 fully saturated rings. The van der Waals surface area contributed by atoms with Crippen LogP contribution in [0.4, 0.5) is 0 Å². The van der Waals surface area contributed by atoms with E-state index >= 15 is 0 Å². The van der Waals surface area contributed by atoms with Crippen molar-refractivity contribution in [3.8, 4) is 0 Å². The summed E-state index contributed by atoms with van der Waals surface area (Å²) in [6.45, 7) is 3.74. The molecule has 7 nitrogen and oxygen atoms in total. The number of rotatable bonds is 9. The van der Waals surface area contributed by atoms with Gasteiger partial charge in [0.2, 0.25) is 5.91 Å². The van der Waals surface area contributed by atoms with E-state index in [2.05, 4.69) is 5.32 Å². The van der Waals surface area contributed by atoms with Crippen LogP contribution >= 0.6 is 0 Å². The molecule has 1 amide bonds. The number of amides is 1. The number of carboxylic acid groups (broad SMARTS) is 1. The smallest absolute Gasteiger partial charge is 0.328 e. The first-order valence-electron chi connectivity index (χ1n) is 11.4. The Hall–Kier alpha value is -2.41. The molecule has 1 aromatic rings. The molecule has 31 heavy (non-hydrogen) atoms. The number of hydrogen-bond acceptors (Lipinski definition) is 5. The summed E-state index contributed by atoms with van der Waals surface area (Å²) in [6, 6.07) is 7.62. The fraction of sp³-hybridized carbons (Fsp3) is 0.625. The van der Waals surface area contributed by atoms with Crippen molar-refractivity contribution >= 4 is 17.8 Å². The Morgan fingerprint density at radius 1 is 1.19 bits per heavy atom. The van der Waals surface area contributed by atoms with Crippen LogP contribution in [-0.2, 0) is 25.5 Å². The maximum Gasteiger partial charge on any atom is 0.328 e. The summed E-state index contributed by atoms with van der Waals surface area (Å²) in [5.41, 5.74) is 1.06. The first kappa shape index (κ1) is 23.3. The zero-order chi connectivity index (χ0) is 22.4. The molecule has 0 spiro atoms.